The SMILES string of the molecule is CN(c1nc(OC[C@@]23CCCN2C[C@H](F)C3)nc2cc(Br)c(C(F)(F)F)cc12)[C@H]1CN(Cc2ccccc2)C[C@H]1F. The number of nitrogens with zero attached hydrogens (tertiary/aromatic N) is 5. The normalized spacial score (nSPS) is 27.0. The average Bonchev–Trinajstić information content (AvgIpc) is 3.57. The number of fused-ring (bicyclic) bond motifs is 2. The van der Waals surface area contributed by atoms with Crippen LogP contribution in [0.5, 0.6) is 6.01 Å². The van der Waals surface area contributed by atoms with E-state index < -0.39 is 35.7 Å². The Kier molecular flexibility index (Phi) is 7.61. The summed E-state index contributed by atoms with van der Waals surface area (Å²) in [4.78, 5) is 14.7. The summed E-state index contributed by atoms with van der Waals surface area (Å²) >= 11 is 3.04. The molecule has 0 N–H and O–H groups in total. The number of likely N-dealkylation sites (tertiary alicyclic amines) is 1. The van der Waals surface area contributed by atoms with Crippen LogP contribution in [0.3, 0.4) is 0 Å². The van der Waals surface area contributed by atoms with E-state index in [1.165, 1.54) is 6.07 Å². The van der Waals surface area contributed by atoms with Crippen LogP contribution in [0, 0.1) is 0 Å². The number of anilines is 1. The molecule has 3 aromatic rings. The fourth-order valence-electron chi connectivity index (χ4n) is 6.63. The third-order valence-corrected chi connectivity index (χ3v) is 9.31. The lowest BCUT2D eigenvalue weighted by Gasteiger charge is -2.31. The minimum Gasteiger partial charge on any atom is -0.461 e. The Hall–Kier alpha value is -2.57. The van der Waals surface area contributed by atoms with E-state index in [4.69, 9.17) is 4.74 Å². The van der Waals surface area contributed by atoms with E-state index >= 15 is 4.39 Å². The summed E-state index contributed by atoms with van der Waals surface area (Å²) in [7, 11) is 1.65. The lowest BCUT2D eigenvalue weighted by Crippen LogP contribution is -2.43. The number of halogens is 6. The molecule has 1 aromatic heterocycles. The molecule has 0 spiro atoms. The Morgan fingerprint density at radius 2 is 1.88 bits per heavy atom. The largest absolute Gasteiger partial charge is 0.461 e. The highest BCUT2D eigenvalue weighted by molar-refractivity contribution is 9.10. The molecule has 0 amide bonds. The quantitative estimate of drug-likeness (QED) is 0.295. The Labute approximate surface area is 243 Å². The molecular formula is C29H31BrF5N5O. The average molecular weight is 640 g/mol. The molecule has 12 heteroatoms. The van der Waals surface area contributed by atoms with Gasteiger partial charge in [-0.15, -0.1) is 0 Å². The first-order valence-corrected chi connectivity index (χ1v) is 14.6. The van der Waals surface area contributed by atoms with Crippen molar-refractivity contribution in [2.45, 2.75) is 55.9 Å². The number of hydrogen-bond acceptors (Lipinski definition) is 6. The predicted octanol–water partition coefficient (Wildman–Crippen LogP) is 6.03. The first kappa shape index (κ1) is 28.5. The van der Waals surface area contributed by atoms with Gasteiger partial charge in [-0.1, -0.05) is 46.3 Å². The molecule has 4 heterocycles. The predicted molar refractivity (Wildman–Crippen MR) is 150 cm³/mol. The van der Waals surface area contributed by atoms with Gasteiger partial charge >= 0.3 is 12.2 Å². The number of hydrogen-bond donors (Lipinski definition) is 0. The molecule has 3 fully saturated rings. The van der Waals surface area contributed by atoms with E-state index in [0.29, 0.717) is 26.1 Å². The fourth-order valence-corrected chi connectivity index (χ4v) is 7.18. The van der Waals surface area contributed by atoms with E-state index in [2.05, 4.69) is 30.8 Å². The highest BCUT2D eigenvalue weighted by atomic mass is 79.9. The molecule has 0 radical (unpaired) electrons. The number of rotatable bonds is 7. The van der Waals surface area contributed by atoms with E-state index in [9.17, 15) is 17.6 Å². The summed E-state index contributed by atoms with van der Waals surface area (Å²) in [6, 6.07) is 11.3. The lowest BCUT2D eigenvalue weighted by atomic mass is 9.95. The van der Waals surface area contributed by atoms with Crippen LogP contribution < -0.4 is 9.64 Å². The topological polar surface area (TPSA) is 44.7 Å². The number of ether oxygens (including phenoxy) is 1. The molecule has 3 aliphatic heterocycles. The molecule has 0 unspecified atom stereocenters. The van der Waals surface area contributed by atoms with Crippen molar-refractivity contribution >= 4 is 32.7 Å². The molecule has 0 saturated carbocycles. The van der Waals surface area contributed by atoms with E-state index in [-0.39, 0.29) is 40.4 Å². The molecule has 0 bridgehead atoms. The van der Waals surface area contributed by atoms with Gasteiger partial charge < -0.3 is 9.64 Å². The fraction of sp³-hybridized carbons (Fsp3) is 0.517. The first-order valence-electron chi connectivity index (χ1n) is 13.8. The second-order valence-corrected chi connectivity index (χ2v) is 12.3. The number of likely N-dealkylation sites (N-methyl/N-ethyl adjacent to an activating group) is 1. The van der Waals surface area contributed by atoms with Gasteiger partial charge in [0.05, 0.1) is 22.7 Å². The van der Waals surface area contributed by atoms with Gasteiger partial charge in [0.15, 0.2) is 0 Å². The van der Waals surface area contributed by atoms with Gasteiger partial charge in [-0.3, -0.25) is 9.80 Å². The van der Waals surface area contributed by atoms with Crippen LogP contribution in [0.15, 0.2) is 46.9 Å². The highest BCUT2D eigenvalue weighted by Gasteiger charge is 2.49. The lowest BCUT2D eigenvalue weighted by molar-refractivity contribution is -0.138. The molecule has 41 heavy (non-hydrogen) atoms. The summed E-state index contributed by atoms with van der Waals surface area (Å²) in [5, 5.41) is 0.148. The zero-order chi connectivity index (χ0) is 28.9. The van der Waals surface area contributed by atoms with Crippen molar-refractivity contribution in [3.63, 3.8) is 0 Å². The Morgan fingerprint density at radius 3 is 2.63 bits per heavy atom. The second-order valence-electron chi connectivity index (χ2n) is 11.4. The summed E-state index contributed by atoms with van der Waals surface area (Å²) in [5.41, 5.74) is -0.0282. The highest BCUT2D eigenvalue weighted by Crippen LogP contribution is 2.42. The van der Waals surface area contributed by atoms with Crippen molar-refractivity contribution in [3.05, 3.63) is 58.1 Å². The maximum Gasteiger partial charge on any atom is 0.417 e. The third kappa shape index (κ3) is 5.62. The van der Waals surface area contributed by atoms with Crippen LogP contribution >= 0.6 is 15.9 Å². The van der Waals surface area contributed by atoms with Crippen LogP contribution in [0.25, 0.3) is 10.9 Å². The van der Waals surface area contributed by atoms with E-state index in [1.54, 1.807) is 11.9 Å². The van der Waals surface area contributed by atoms with Gasteiger partial charge in [-0.05, 0) is 37.1 Å². The summed E-state index contributed by atoms with van der Waals surface area (Å²) in [6.07, 6.45) is -4.71. The van der Waals surface area contributed by atoms with Crippen molar-refractivity contribution in [2.24, 2.45) is 0 Å². The molecule has 220 valence electrons. The molecule has 3 saturated heterocycles. The van der Waals surface area contributed by atoms with Gasteiger partial charge in [0, 0.05) is 49.5 Å². The van der Waals surface area contributed by atoms with Crippen LogP contribution in [-0.4, -0.2) is 83.5 Å². The summed E-state index contributed by atoms with van der Waals surface area (Å²) in [5.74, 6) is 0.160. The minimum atomic E-state index is -4.61. The summed E-state index contributed by atoms with van der Waals surface area (Å²) in [6.45, 7) is 2.45. The smallest absolute Gasteiger partial charge is 0.417 e. The molecule has 0 aliphatic carbocycles. The summed E-state index contributed by atoms with van der Waals surface area (Å²) < 4.78 is 77.2. The maximum atomic E-state index is 15.5. The van der Waals surface area contributed by atoms with Gasteiger partial charge in [0.2, 0.25) is 0 Å². The van der Waals surface area contributed by atoms with Crippen molar-refractivity contribution in [2.75, 3.05) is 44.7 Å². The van der Waals surface area contributed by atoms with Gasteiger partial charge in [0.1, 0.15) is 24.8 Å². The molecule has 3 aliphatic rings. The second kappa shape index (κ2) is 10.9. The van der Waals surface area contributed by atoms with Gasteiger partial charge in [-0.2, -0.15) is 23.1 Å². The van der Waals surface area contributed by atoms with Crippen molar-refractivity contribution < 1.29 is 26.7 Å². The standard InChI is InChI=1S/C29H31BrF5N5O/c1-38(25-16-39(15-23(25)32)13-18-6-3-2-4-7-18)26-20-10-21(29(33,34)35)22(30)11-24(20)36-27(37-26)41-17-28-8-5-9-40(28)14-19(31)12-28/h2-4,6-7,10-11,19,23,25H,5,8-9,12-17H2,1H3/t19-,23-,25+,28+/m1/s1. The van der Waals surface area contributed by atoms with Gasteiger partial charge in [-0.25, -0.2) is 8.78 Å². The molecule has 2 aromatic carbocycles. The number of alkyl halides is 5. The number of aromatic nitrogens is 2. The van der Waals surface area contributed by atoms with Crippen molar-refractivity contribution in [1.82, 2.24) is 19.8 Å². The molecule has 6 nitrogen and oxygen atoms in total. The third-order valence-electron chi connectivity index (χ3n) is 8.66. The monoisotopic (exact) mass is 639 g/mol. The van der Waals surface area contributed by atoms with Crippen molar-refractivity contribution in [1.29, 1.82) is 0 Å². The van der Waals surface area contributed by atoms with E-state index in [0.717, 1.165) is 31.0 Å². The first-order chi connectivity index (χ1) is 19.5. The van der Waals surface area contributed by atoms with Gasteiger partial charge in [0.25, 0.3) is 0 Å². The minimum absolute atomic E-state index is 0.0240. The maximum absolute atomic E-state index is 15.5. The zero-order valence-electron chi connectivity index (χ0n) is 22.5. The molecule has 6 rings (SSSR count). The zero-order valence-corrected chi connectivity index (χ0v) is 24.1. The molecule has 4 atom stereocenters. The Morgan fingerprint density at radius 1 is 1.10 bits per heavy atom. The molecular weight excluding hydrogens is 609 g/mol. The van der Waals surface area contributed by atoms with Crippen LogP contribution in [0.1, 0.15) is 30.4 Å². The van der Waals surface area contributed by atoms with E-state index in [1.807, 2.05) is 35.2 Å². The van der Waals surface area contributed by atoms with Crippen LogP contribution in [0.2, 0.25) is 0 Å². The van der Waals surface area contributed by atoms with Crippen LogP contribution in [-0.2, 0) is 12.7 Å². The Bertz CT molecular complexity index is 1410. The Balaban J connectivity index is 1.33. The van der Waals surface area contributed by atoms with Crippen molar-refractivity contribution in [3.8, 4) is 6.01 Å². The van der Waals surface area contributed by atoms with Crippen LogP contribution in [0.4, 0.5) is 27.8 Å². The number of benzene rings is 2.